The molecule has 1 nitrogen and oxygen atoms in total. The van der Waals surface area contributed by atoms with E-state index in [4.69, 9.17) is 0 Å². The highest BCUT2D eigenvalue weighted by molar-refractivity contribution is 5.81. The van der Waals surface area contributed by atoms with Crippen LogP contribution < -0.4 is 0 Å². The first kappa shape index (κ1) is 11.5. The minimum Gasteiger partial charge on any atom is -0.299 e. The molecule has 14 heavy (non-hydrogen) atoms. The number of ketones is 1. The van der Waals surface area contributed by atoms with Gasteiger partial charge >= 0.3 is 0 Å². The summed E-state index contributed by atoms with van der Waals surface area (Å²) in [4.78, 5) is 11.6. The maximum Gasteiger partial charge on any atom is 0.135 e. The molecule has 0 spiro atoms. The molecule has 1 fully saturated rings. The lowest BCUT2D eigenvalue weighted by Crippen LogP contribution is -2.31. The van der Waals surface area contributed by atoms with Gasteiger partial charge in [-0.25, -0.2) is 0 Å². The second-order valence-corrected chi connectivity index (χ2v) is 4.93. The number of allylic oxidation sites excluding steroid dienone is 1. The Kier molecular flexibility index (Phi) is 3.91. The van der Waals surface area contributed by atoms with Crippen LogP contribution in [0.2, 0.25) is 0 Å². The highest BCUT2D eigenvalue weighted by atomic mass is 16.1. The van der Waals surface area contributed by atoms with Crippen LogP contribution in [0.15, 0.2) is 12.2 Å². The summed E-state index contributed by atoms with van der Waals surface area (Å²) in [6.45, 7) is 10.4. The quantitative estimate of drug-likeness (QED) is 0.627. The fraction of sp³-hybridized carbons (Fsp3) is 0.769. The minimum atomic E-state index is 0.276. The molecule has 0 aromatic rings. The van der Waals surface area contributed by atoms with E-state index >= 15 is 0 Å². The van der Waals surface area contributed by atoms with Crippen LogP contribution in [-0.4, -0.2) is 5.78 Å². The van der Waals surface area contributed by atoms with E-state index in [0.29, 0.717) is 17.6 Å². The van der Waals surface area contributed by atoms with Gasteiger partial charge in [0.1, 0.15) is 5.78 Å². The number of hydrogen-bond acceptors (Lipinski definition) is 1. The lowest BCUT2D eigenvalue weighted by molar-refractivity contribution is -0.127. The van der Waals surface area contributed by atoms with Gasteiger partial charge in [0.05, 0.1) is 0 Å². The Morgan fingerprint density at radius 3 is 2.71 bits per heavy atom. The van der Waals surface area contributed by atoms with E-state index in [2.05, 4.69) is 27.4 Å². The van der Waals surface area contributed by atoms with Crippen LogP contribution in [-0.2, 0) is 4.79 Å². The molecule has 0 amide bonds. The van der Waals surface area contributed by atoms with Crippen molar-refractivity contribution in [2.45, 2.75) is 46.5 Å². The summed E-state index contributed by atoms with van der Waals surface area (Å²) in [5.41, 5.74) is 1.24. The van der Waals surface area contributed by atoms with Gasteiger partial charge in [-0.3, -0.25) is 4.79 Å². The molecule has 0 bridgehead atoms. The topological polar surface area (TPSA) is 17.1 Å². The lowest BCUT2D eigenvalue weighted by atomic mass is 9.71. The summed E-state index contributed by atoms with van der Waals surface area (Å²) < 4.78 is 0. The summed E-state index contributed by atoms with van der Waals surface area (Å²) in [5.74, 6) is 2.04. The van der Waals surface area contributed by atoms with E-state index < -0.39 is 0 Å². The Hall–Kier alpha value is -0.590. The molecular weight excluding hydrogens is 172 g/mol. The molecule has 80 valence electrons. The van der Waals surface area contributed by atoms with Gasteiger partial charge in [-0.2, -0.15) is 0 Å². The predicted octanol–water partition coefficient (Wildman–Crippen LogP) is 3.59. The molecule has 1 heteroatoms. The summed E-state index contributed by atoms with van der Waals surface area (Å²) >= 11 is 0. The molecule has 0 heterocycles. The Labute approximate surface area is 87.6 Å². The number of rotatable bonds is 3. The summed E-state index contributed by atoms with van der Waals surface area (Å²) in [5, 5.41) is 0. The van der Waals surface area contributed by atoms with Gasteiger partial charge in [0, 0.05) is 12.3 Å². The molecule has 3 atom stereocenters. The standard InChI is InChI=1S/C13H22O/c1-9(2)5-7-12-10(3)6-8-13(14)11(12)4/h10-12H,1,5-8H2,2-4H3/t10-,11?,12+/m0/s1. The first-order chi connectivity index (χ1) is 6.52. The highest BCUT2D eigenvalue weighted by Gasteiger charge is 2.32. The van der Waals surface area contributed by atoms with Crippen LogP contribution >= 0.6 is 0 Å². The molecule has 0 aromatic heterocycles. The van der Waals surface area contributed by atoms with E-state index in [0.717, 1.165) is 25.7 Å². The zero-order valence-electron chi connectivity index (χ0n) is 9.68. The van der Waals surface area contributed by atoms with Gasteiger partial charge in [0.15, 0.2) is 0 Å². The molecule has 0 aromatic carbocycles. The normalized spacial score (nSPS) is 33.1. The van der Waals surface area contributed by atoms with Crippen molar-refractivity contribution in [1.82, 2.24) is 0 Å². The van der Waals surface area contributed by atoms with Gasteiger partial charge in [0.25, 0.3) is 0 Å². The molecule has 1 rings (SSSR count). The van der Waals surface area contributed by atoms with Crippen molar-refractivity contribution in [2.24, 2.45) is 17.8 Å². The maximum absolute atomic E-state index is 11.6. The van der Waals surface area contributed by atoms with Gasteiger partial charge in [-0.05, 0) is 38.0 Å². The summed E-state index contributed by atoms with van der Waals surface area (Å²) in [7, 11) is 0. The largest absolute Gasteiger partial charge is 0.299 e. The number of Topliss-reactive ketones (excluding diaryl/α,β-unsaturated/α-hetero) is 1. The van der Waals surface area contributed by atoms with E-state index in [9.17, 15) is 4.79 Å². The molecule has 1 saturated carbocycles. The first-order valence-electron chi connectivity index (χ1n) is 5.69. The zero-order valence-corrected chi connectivity index (χ0v) is 9.68. The van der Waals surface area contributed by atoms with E-state index in [1.807, 2.05) is 0 Å². The van der Waals surface area contributed by atoms with Crippen LogP contribution in [0.4, 0.5) is 0 Å². The molecule has 1 aliphatic rings. The molecule has 0 aliphatic heterocycles. The SMILES string of the molecule is C=C(C)CC[C@H]1C(C)C(=O)CC[C@@H]1C. The van der Waals surface area contributed by atoms with Crippen molar-refractivity contribution in [2.75, 3.05) is 0 Å². The van der Waals surface area contributed by atoms with Gasteiger partial charge in [0.2, 0.25) is 0 Å². The van der Waals surface area contributed by atoms with Crippen molar-refractivity contribution >= 4 is 5.78 Å². The van der Waals surface area contributed by atoms with Crippen LogP contribution in [0, 0.1) is 17.8 Å². The van der Waals surface area contributed by atoms with Gasteiger partial charge in [-0.1, -0.05) is 19.4 Å². The molecular formula is C13H22O. The monoisotopic (exact) mass is 194 g/mol. The lowest BCUT2D eigenvalue weighted by Gasteiger charge is -2.33. The number of carbonyl (C=O) groups is 1. The van der Waals surface area contributed by atoms with Crippen LogP contribution in [0.1, 0.15) is 46.5 Å². The molecule has 1 unspecified atom stereocenters. The minimum absolute atomic E-state index is 0.276. The third-order valence-electron chi connectivity index (χ3n) is 3.63. The van der Waals surface area contributed by atoms with Crippen LogP contribution in [0.3, 0.4) is 0 Å². The predicted molar refractivity (Wildman–Crippen MR) is 60.1 cm³/mol. The fourth-order valence-electron chi connectivity index (χ4n) is 2.49. The van der Waals surface area contributed by atoms with Crippen molar-refractivity contribution in [3.05, 3.63) is 12.2 Å². The molecule has 1 aliphatic carbocycles. The van der Waals surface area contributed by atoms with Crippen molar-refractivity contribution in [3.63, 3.8) is 0 Å². The smallest absolute Gasteiger partial charge is 0.135 e. The van der Waals surface area contributed by atoms with Crippen molar-refractivity contribution < 1.29 is 4.79 Å². The van der Waals surface area contributed by atoms with Crippen molar-refractivity contribution in [1.29, 1.82) is 0 Å². The zero-order chi connectivity index (χ0) is 10.7. The Bertz CT molecular complexity index is 229. The van der Waals surface area contributed by atoms with E-state index in [1.165, 1.54) is 5.57 Å². The number of carbonyl (C=O) groups excluding carboxylic acids is 1. The number of hydrogen-bond donors (Lipinski definition) is 0. The Morgan fingerprint density at radius 2 is 2.14 bits per heavy atom. The van der Waals surface area contributed by atoms with Crippen molar-refractivity contribution in [3.8, 4) is 0 Å². The third-order valence-corrected chi connectivity index (χ3v) is 3.63. The van der Waals surface area contributed by atoms with Crippen LogP contribution in [0.25, 0.3) is 0 Å². The van der Waals surface area contributed by atoms with Gasteiger partial charge in [-0.15, -0.1) is 6.58 Å². The second-order valence-electron chi connectivity index (χ2n) is 4.93. The first-order valence-corrected chi connectivity index (χ1v) is 5.69. The Balaban J connectivity index is 2.54. The highest BCUT2D eigenvalue weighted by Crippen LogP contribution is 2.35. The molecule has 0 radical (unpaired) electrons. The van der Waals surface area contributed by atoms with Gasteiger partial charge < -0.3 is 0 Å². The van der Waals surface area contributed by atoms with E-state index in [1.54, 1.807) is 0 Å². The summed E-state index contributed by atoms with van der Waals surface area (Å²) in [6, 6.07) is 0. The average molecular weight is 194 g/mol. The fourth-order valence-corrected chi connectivity index (χ4v) is 2.49. The van der Waals surface area contributed by atoms with Crippen LogP contribution in [0.5, 0.6) is 0 Å². The molecule has 0 saturated heterocycles. The maximum atomic E-state index is 11.6. The Morgan fingerprint density at radius 1 is 1.50 bits per heavy atom. The second kappa shape index (κ2) is 4.77. The van der Waals surface area contributed by atoms with E-state index in [-0.39, 0.29) is 5.92 Å². The average Bonchev–Trinajstić information content (AvgIpc) is 2.11. The molecule has 0 N–H and O–H groups in total. The third kappa shape index (κ3) is 2.70. The summed E-state index contributed by atoms with van der Waals surface area (Å²) in [6.07, 6.45) is 4.10.